The number of benzene rings is 1. The number of rotatable bonds is 3. The highest BCUT2D eigenvalue weighted by molar-refractivity contribution is 5.99. The van der Waals surface area contributed by atoms with E-state index in [0.717, 1.165) is 4.68 Å². The molecule has 1 aromatic heterocycles. The number of carboxylic acid groups (broad SMARTS) is 1. The van der Waals surface area contributed by atoms with Crippen molar-refractivity contribution < 1.29 is 14.3 Å². The lowest BCUT2D eigenvalue weighted by Gasteiger charge is -2.11. The third-order valence-electron chi connectivity index (χ3n) is 2.82. The molecule has 0 bridgehead atoms. The first-order chi connectivity index (χ1) is 9.45. The molecule has 2 aromatic rings. The summed E-state index contributed by atoms with van der Waals surface area (Å²) in [6, 6.07) is 5.13. The molecule has 1 heterocycles. The Morgan fingerprint density at radius 2 is 2.00 bits per heavy atom. The maximum Gasteiger partial charge on any atom is 0.340 e. The lowest BCUT2D eigenvalue weighted by atomic mass is 10.1. The number of nitrogen functional groups attached to an aromatic ring is 1. The Bertz CT molecular complexity index is 723. The molecule has 104 valence electrons. The molecule has 0 unspecified atom stereocenters. The number of anilines is 1. The van der Waals surface area contributed by atoms with E-state index in [0.29, 0.717) is 5.56 Å². The zero-order valence-electron chi connectivity index (χ0n) is 10.6. The summed E-state index contributed by atoms with van der Waals surface area (Å²) in [4.78, 5) is 23.1. The van der Waals surface area contributed by atoms with Gasteiger partial charge in [0, 0.05) is 12.1 Å². The van der Waals surface area contributed by atoms with E-state index in [1.807, 2.05) is 0 Å². The van der Waals surface area contributed by atoms with Crippen LogP contribution in [0.2, 0.25) is 0 Å². The van der Waals surface area contributed by atoms with E-state index in [2.05, 4.69) is 5.10 Å². The van der Waals surface area contributed by atoms with Crippen molar-refractivity contribution in [1.29, 1.82) is 0 Å². The Kier molecular flexibility index (Phi) is 3.51. The normalized spacial score (nSPS) is 10.5. The predicted molar refractivity (Wildman–Crippen MR) is 70.9 cm³/mol. The fraction of sp³-hybridized carbons (Fsp3) is 0.154. The van der Waals surface area contributed by atoms with E-state index in [4.69, 9.17) is 5.73 Å². The molecular weight excluding hydrogens is 265 g/mol. The maximum atomic E-state index is 12.9. The molecule has 0 aliphatic carbocycles. The summed E-state index contributed by atoms with van der Waals surface area (Å²) in [5, 5.41) is 13.2. The number of aromatic nitrogens is 2. The van der Waals surface area contributed by atoms with Gasteiger partial charge in [0.1, 0.15) is 22.8 Å². The molecule has 3 N–H and O–H groups in total. The molecule has 2 rings (SSSR count). The van der Waals surface area contributed by atoms with Crippen LogP contribution in [0.4, 0.5) is 10.1 Å². The summed E-state index contributed by atoms with van der Waals surface area (Å²) >= 11 is 0. The number of halogens is 1. The lowest BCUT2D eigenvalue weighted by Crippen LogP contribution is -2.28. The van der Waals surface area contributed by atoms with Gasteiger partial charge in [-0.15, -0.1) is 0 Å². The summed E-state index contributed by atoms with van der Waals surface area (Å²) in [6.07, 6.45) is 0. The van der Waals surface area contributed by atoms with Crippen LogP contribution < -0.4 is 11.3 Å². The van der Waals surface area contributed by atoms with Crippen molar-refractivity contribution in [1.82, 2.24) is 9.78 Å². The average Bonchev–Trinajstić information content (AvgIpc) is 2.42. The first-order valence-electron chi connectivity index (χ1n) is 5.85. The second-order valence-corrected chi connectivity index (χ2v) is 4.07. The van der Waals surface area contributed by atoms with Gasteiger partial charge in [-0.1, -0.05) is 0 Å². The number of nitrogens with two attached hydrogens (primary N) is 1. The van der Waals surface area contributed by atoms with E-state index >= 15 is 0 Å². The minimum atomic E-state index is -1.35. The fourth-order valence-electron chi connectivity index (χ4n) is 1.83. The second kappa shape index (κ2) is 5.12. The second-order valence-electron chi connectivity index (χ2n) is 4.07. The Balaban J connectivity index is 2.80. The Labute approximate surface area is 113 Å². The molecule has 20 heavy (non-hydrogen) atoms. The summed E-state index contributed by atoms with van der Waals surface area (Å²) in [5.41, 5.74) is 4.60. The Morgan fingerprint density at radius 1 is 1.40 bits per heavy atom. The number of hydrogen-bond acceptors (Lipinski definition) is 4. The number of aryl methyl sites for hydroxylation is 1. The highest BCUT2D eigenvalue weighted by atomic mass is 19.1. The van der Waals surface area contributed by atoms with Gasteiger partial charge in [0.05, 0.1) is 0 Å². The van der Waals surface area contributed by atoms with E-state index in [1.54, 1.807) is 6.92 Å². The van der Waals surface area contributed by atoms with Crippen LogP contribution in [-0.2, 0) is 6.54 Å². The molecule has 6 nitrogen and oxygen atoms in total. The quantitative estimate of drug-likeness (QED) is 0.882. The Hall–Kier alpha value is -2.70. The van der Waals surface area contributed by atoms with Gasteiger partial charge in [-0.25, -0.2) is 13.9 Å². The van der Waals surface area contributed by atoms with Gasteiger partial charge in [0.25, 0.3) is 5.56 Å². The van der Waals surface area contributed by atoms with Gasteiger partial charge < -0.3 is 10.8 Å². The van der Waals surface area contributed by atoms with Crippen molar-refractivity contribution in [2.75, 3.05) is 5.73 Å². The summed E-state index contributed by atoms with van der Waals surface area (Å²) in [7, 11) is 0. The summed E-state index contributed by atoms with van der Waals surface area (Å²) in [5.74, 6) is -1.81. The third kappa shape index (κ3) is 2.25. The van der Waals surface area contributed by atoms with Gasteiger partial charge in [-0.3, -0.25) is 4.79 Å². The average molecular weight is 277 g/mol. The van der Waals surface area contributed by atoms with Crippen molar-refractivity contribution in [2.45, 2.75) is 13.5 Å². The molecule has 7 heteroatoms. The SMILES string of the molecule is CCn1nc(-c2ccc(F)cc2)c(C(=O)O)c(N)c1=O. The molecule has 0 spiro atoms. The first-order valence-corrected chi connectivity index (χ1v) is 5.85. The van der Waals surface area contributed by atoms with E-state index in [-0.39, 0.29) is 23.5 Å². The number of nitrogens with zero attached hydrogens (tertiary/aromatic N) is 2. The van der Waals surface area contributed by atoms with Crippen LogP contribution in [-0.4, -0.2) is 20.9 Å². The minimum Gasteiger partial charge on any atom is -0.478 e. The highest BCUT2D eigenvalue weighted by Gasteiger charge is 2.21. The molecule has 0 saturated carbocycles. The van der Waals surface area contributed by atoms with Gasteiger partial charge >= 0.3 is 5.97 Å². The minimum absolute atomic E-state index is 0.0384. The van der Waals surface area contributed by atoms with Crippen LogP contribution in [0.5, 0.6) is 0 Å². The number of carboxylic acids is 1. The molecular formula is C13H12FN3O3. The van der Waals surface area contributed by atoms with Gasteiger partial charge in [0.2, 0.25) is 0 Å². The zero-order valence-corrected chi connectivity index (χ0v) is 10.6. The largest absolute Gasteiger partial charge is 0.478 e. The standard InChI is InChI=1S/C13H12FN3O3/c1-2-17-12(18)10(15)9(13(19)20)11(16-17)7-3-5-8(14)6-4-7/h3-6H,2,15H2,1H3,(H,19,20). The molecule has 0 fully saturated rings. The van der Waals surface area contributed by atoms with Crippen molar-refractivity contribution >= 4 is 11.7 Å². The van der Waals surface area contributed by atoms with Crippen LogP contribution >= 0.6 is 0 Å². The van der Waals surface area contributed by atoms with E-state index in [9.17, 15) is 19.1 Å². The van der Waals surface area contributed by atoms with Crippen molar-refractivity contribution in [3.63, 3.8) is 0 Å². The summed E-state index contributed by atoms with van der Waals surface area (Å²) in [6.45, 7) is 1.93. The number of aromatic carboxylic acids is 1. The third-order valence-corrected chi connectivity index (χ3v) is 2.82. The molecule has 1 aromatic carbocycles. The Morgan fingerprint density at radius 3 is 2.50 bits per heavy atom. The number of hydrogen-bond donors (Lipinski definition) is 2. The van der Waals surface area contributed by atoms with E-state index < -0.39 is 17.3 Å². The summed E-state index contributed by atoms with van der Waals surface area (Å²) < 4.78 is 14.0. The maximum absolute atomic E-state index is 12.9. The molecule has 0 atom stereocenters. The van der Waals surface area contributed by atoms with Crippen LogP contribution in [0.15, 0.2) is 29.1 Å². The first kappa shape index (κ1) is 13.7. The van der Waals surface area contributed by atoms with Gasteiger partial charge in [0.15, 0.2) is 0 Å². The molecule has 0 saturated heterocycles. The fourth-order valence-corrected chi connectivity index (χ4v) is 1.83. The monoisotopic (exact) mass is 277 g/mol. The van der Waals surface area contributed by atoms with Crippen molar-refractivity contribution in [3.05, 3.63) is 46.0 Å². The number of carbonyl (C=O) groups is 1. The molecule has 0 amide bonds. The molecule has 0 radical (unpaired) electrons. The van der Waals surface area contributed by atoms with Crippen LogP contribution in [0, 0.1) is 5.82 Å². The van der Waals surface area contributed by atoms with Gasteiger partial charge in [-0.05, 0) is 31.2 Å². The van der Waals surface area contributed by atoms with Gasteiger partial charge in [-0.2, -0.15) is 5.10 Å². The van der Waals surface area contributed by atoms with Crippen LogP contribution in [0.1, 0.15) is 17.3 Å². The van der Waals surface area contributed by atoms with Crippen molar-refractivity contribution in [3.8, 4) is 11.3 Å². The van der Waals surface area contributed by atoms with Crippen LogP contribution in [0.25, 0.3) is 11.3 Å². The lowest BCUT2D eigenvalue weighted by molar-refractivity contribution is 0.0698. The highest BCUT2D eigenvalue weighted by Crippen LogP contribution is 2.23. The molecule has 0 aliphatic rings. The van der Waals surface area contributed by atoms with Crippen molar-refractivity contribution in [2.24, 2.45) is 0 Å². The van der Waals surface area contributed by atoms with E-state index in [1.165, 1.54) is 24.3 Å². The molecule has 0 aliphatic heterocycles. The van der Waals surface area contributed by atoms with Crippen LogP contribution in [0.3, 0.4) is 0 Å². The zero-order chi connectivity index (χ0) is 14.9. The topological polar surface area (TPSA) is 98.2 Å². The predicted octanol–water partition coefficient (Wildman–Crippen LogP) is 1.35. The smallest absolute Gasteiger partial charge is 0.340 e.